The molecule has 3 nitrogen and oxygen atoms in total. The summed E-state index contributed by atoms with van der Waals surface area (Å²) < 4.78 is 11.6. The van der Waals surface area contributed by atoms with E-state index in [0.717, 1.165) is 50.8 Å². The molecule has 0 bridgehead atoms. The summed E-state index contributed by atoms with van der Waals surface area (Å²) in [7, 11) is 0. The number of piperidine rings is 1. The van der Waals surface area contributed by atoms with Crippen LogP contribution in [0.25, 0.3) is 0 Å². The Balaban J connectivity index is 1.43. The predicted octanol–water partition coefficient (Wildman–Crippen LogP) is 2.87. The van der Waals surface area contributed by atoms with Gasteiger partial charge >= 0.3 is 0 Å². The second kappa shape index (κ2) is 6.59. The molecule has 1 aromatic rings. The molecule has 0 aliphatic carbocycles. The van der Waals surface area contributed by atoms with E-state index in [1.807, 2.05) is 0 Å². The van der Waals surface area contributed by atoms with Crippen LogP contribution in [-0.4, -0.2) is 43.9 Å². The molecule has 0 saturated carbocycles. The predicted molar refractivity (Wildman–Crippen MR) is 80.2 cm³/mol. The highest BCUT2D eigenvalue weighted by Crippen LogP contribution is 2.21. The standard InChI is InChI=1S/C17H25NO2/c1-14-3-2-4-17(11-14)20-16-5-8-18(9-6-16)12-15-7-10-19-13-15/h2-4,11,15-16H,5-10,12-13H2,1H3. The first-order chi connectivity index (χ1) is 9.79. The molecule has 0 amide bonds. The zero-order valence-electron chi connectivity index (χ0n) is 12.4. The average molecular weight is 275 g/mol. The first-order valence-corrected chi connectivity index (χ1v) is 7.83. The smallest absolute Gasteiger partial charge is 0.119 e. The lowest BCUT2D eigenvalue weighted by Crippen LogP contribution is -2.40. The lowest BCUT2D eigenvalue weighted by molar-refractivity contribution is 0.0880. The normalized spacial score (nSPS) is 24.9. The Morgan fingerprint density at radius 2 is 2.10 bits per heavy atom. The highest BCUT2D eigenvalue weighted by atomic mass is 16.5. The minimum absolute atomic E-state index is 0.382. The molecular formula is C17H25NO2. The lowest BCUT2D eigenvalue weighted by Gasteiger charge is -2.33. The minimum Gasteiger partial charge on any atom is -0.490 e. The molecule has 0 radical (unpaired) electrons. The summed E-state index contributed by atoms with van der Waals surface area (Å²) in [6.45, 7) is 7.55. The molecular weight excluding hydrogens is 250 g/mol. The van der Waals surface area contributed by atoms with Crippen LogP contribution < -0.4 is 4.74 Å². The van der Waals surface area contributed by atoms with Crippen LogP contribution in [0.2, 0.25) is 0 Å². The van der Waals surface area contributed by atoms with Gasteiger partial charge < -0.3 is 14.4 Å². The third-order valence-corrected chi connectivity index (χ3v) is 4.37. The van der Waals surface area contributed by atoms with Gasteiger partial charge in [0.15, 0.2) is 0 Å². The number of rotatable bonds is 4. The molecule has 0 N–H and O–H groups in total. The van der Waals surface area contributed by atoms with Gasteiger partial charge in [0.25, 0.3) is 0 Å². The van der Waals surface area contributed by atoms with E-state index < -0.39 is 0 Å². The Morgan fingerprint density at radius 3 is 2.80 bits per heavy atom. The topological polar surface area (TPSA) is 21.7 Å². The fourth-order valence-electron chi connectivity index (χ4n) is 3.18. The average Bonchev–Trinajstić information content (AvgIpc) is 2.94. The number of hydrogen-bond donors (Lipinski definition) is 0. The number of benzene rings is 1. The van der Waals surface area contributed by atoms with E-state index in [0.29, 0.717) is 6.10 Å². The summed E-state index contributed by atoms with van der Waals surface area (Å²) in [6, 6.07) is 8.37. The van der Waals surface area contributed by atoms with Crippen LogP contribution in [0, 0.1) is 12.8 Å². The molecule has 2 heterocycles. The van der Waals surface area contributed by atoms with E-state index in [-0.39, 0.29) is 0 Å². The van der Waals surface area contributed by atoms with Crippen molar-refractivity contribution < 1.29 is 9.47 Å². The number of hydrogen-bond acceptors (Lipinski definition) is 3. The highest BCUT2D eigenvalue weighted by molar-refractivity contribution is 5.27. The summed E-state index contributed by atoms with van der Waals surface area (Å²) >= 11 is 0. The first kappa shape index (κ1) is 13.9. The quantitative estimate of drug-likeness (QED) is 0.843. The molecule has 1 aromatic carbocycles. The molecule has 2 aliphatic heterocycles. The molecule has 110 valence electrons. The summed E-state index contributed by atoms with van der Waals surface area (Å²) in [5.41, 5.74) is 1.26. The largest absolute Gasteiger partial charge is 0.490 e. The van der Waals surface area contributed by atoms with Crippen molar-refractivity contribution >= 4 is 0 Å². The van der Waals surface area contributed by atoms with Crippen LogP contribution in [0.15, 0.2) is 24.3 Å². The van der Waals surface area contributed by atoms with E-state index >= 15 is 0 Å². The van der Waals surface area contributed by atoms with E-state index in [1.165, 1.54) is 18.5 Å². The molecule has 1 atom stereocenters. The highest BCUT2D eigenvalue weighted by Gasteiger charge is 2.24. The van der Waals surface area contributed by atoms with Crippen molar-refractivity contribution in [2.24, 2.45) is 5.92 Å². The van der Waals surface area contributed by atoms with E-state index in [2.05, 4.69) is 36.1 Å². The zero-order valence-corrected chi connectivity index (χ0v) is 12.4. The van der Waals surface area contributed by atoms with Gasteiger partial charge in [-0.2, -0.15) is 0 Å². The summed E-state index contributed by atoms with van der Waals surface area (Å²) in [4.78, 5) is 2.58. The maximum absolute atomic E-state index is 6.10. The van der Waals surface area contributed by atoms with Gasteiger partial charge in [0.05, 0.1) is 6.61 Å². The van der Waals surface area contributed by atoms with Gasteiger partial charge in [0, 0.05) is 26.2 Å². The van der Waals surface area contributed by atoms with Gasteiger partial charge in [-0.05, 0) is 49.8 Å². The Morgan fingerprint density at radius 1 is 1.25 bits per heavy atom. The molecule has 20 heavy (non-hydrogen) atoms. The fraction of sp³-hybridized carbons (Fsp3) is 0.647. The summed E-state index contributed by atoms with van der Waals surface area (Å²) in [5, 5.41) is 0. The van der Waals surface area contributed by atoms with Gasteiger partial charge in [0.1, 0.15) is 11.9 Å². The van der Waals surface area contributed by atoms with Gasteiger partial charge in [0.2, 0.25) is 0 Å². The van der Waals surface area contributed by atoms with E-state index in [9.17, 15) is 0 Å². The molecule has 0 aromatic heterocycles. The van der Waals surface area contributed by atoms with Gasteiger partial charge in [-0.25, -0.2) is 0 Å². The zero-order chi connectivity index (χ0) is 13.8. The fourth-order valence-corrected chi connectivity index (χ4v) is 3.18. The monoisotopic (exact) mass is 275 g/mol. The van der Waals surface area contributed by atoms with Crippen molar-refractivity contribution in [3.8, 4) is 5.75 Å². The van der Waals surface area contributed by atoms with Gasteiger partial charge in [-0.15, -0.1) is 0 Å². The Hall–Kier alpha value is -1.06. The second-order valence-electron chi connectivity index (χ2n) is 6.16. The Kier molecular flexibility index (Phi) is 4.58. The number of ether oxygens (including phenoxy) is 2. The maximum Gasteiger partial charge on any atom is 0.119 e. The van der Waals surface area contributed by atoms with E-state index in [4.69, 9.17) is 9.47 Å². The lowest BCUT2D eigenvalue weighted by atomic mass is 10.0. The molecule has 1 unspecified atom stereocenters. The van der Waals surface area contributed by atoms with Crippen LogP contribution in [0.1, 0.15) is 24.8 Å². The first-order valence-electron chi connectivity index (χ1n) is 7.83. The second-order valence-corrected chi connectivity index (χ2v) is 6.16. The van der Waals surface area contributed by atoms with Crippen LogP contribution in [0.5, 0.6) is 5.75 Å². The molecule has 2 aliphatic rings. The van der Waals surface area contributed by atoms with Crippen LogP contribution >= 0.6 is 0 Å². The van der Waals surface area contributed by atoms with Crippen molar-refractivity contribution in [1.29, 1.82) is 0 Å². The van der Waals surface area contributed by atoms with Crippen LogP contribution in [-0.2, 0) is 4.74 Å². The molecule has 2 saturated heterocycles. The molecule has 3 rings (SSSR count). The minimum atomic E-state index is 0.382. The van der Waals surface area contributed by atoms with Crippen molar-refractivity contribution in [3.63, 3.8) is 0 Å². The number of likely N-dealkylation sites (tertiary alicyclic amines) is 1. The van der Waals surface area contributed by atoms with Gasteiger partial charge in [-0.3, -0.25) is 0 Å². The summed E-state index contributed by atoms with van der Waals surface area (Å²) in [6.07, 6.45) is 3.90. The maximum atomic E-state index is 6.10. The van der Waals surface area contributed by atoms with Crippen molar-refractivity contribution in [3.05, 3.63) is 29.8 Å². The molecule has 2 fully saturated rings. The van der Waals surface area contributed by atoms with Crippen LogP contribution in [0.3, 0.4) is 0 Å². The van der Waals surface area contributed by atoms with Crippen molar-refractivity contribution in [2.75, 3.05) is 32.8 Å². The van der Waals surface area contributed by atoms with E-state index in [1.54, 1.807) is 0 Å². The molecule has 0 spiro atoms. The third kappa shape index (κ3) is 3.74. The third-order valence-electron chi connectivity index (χ3n) is 4.37. The van der Waals surface area contributed by atoms with Crippen molar-refractivity contribution in [2.45, 2.75) is 32.3 Å². The summed E-state index contributed by atoms with van der Waals surface area (Å²) in [5.74, 6) is 1.77. The van der Waals surface area contributed by atoms with Gasteiger partial charge in [-0.1, -0.05) is 12.1 Å². The van der Waals surface area contributed by atoms with Crippen molar-refractivity contribution in [1.82, 2.24) is 4.90 Å². The molecule has 3 heteroatoms. The number of aryl methyl sites for hydroxylation is 1. The van der Waals surface area contributed by atoms with Crippen LogP contribution in [0.4, 0.5) is 0 Å². The number of nitrogens with zero attached hydrogens (tertiary/aromatic N) is 1. The Labute approximate surface area is 121 Å². The SMILES string of the molecule is Cc1cccc(OC2CCN(CC3CCOC3)CC2)c1. The Bertz CT molecular complexity index is 421.